The number of carbonyl (C=O) groups is 4. The van der Waals surface area contributed by atoms with Crippen molar-refractivity contribution in [3.8, 4) is 0 Å². The van der Waals surface area contributed by atoms with Crippen molar-refractivity contribution in [2.45, 2.75) is 354 Å². The number of aliphatic hydroxyl groups is 1. The van der Waals surface area contributed by atoms with E-state index in [1.807, 2.05) is 0 Å². The van der Waals surface area contributed by atoms with Gasteiger partial charge in [-0.15, -0.1) is 0 Å². The molecule has 5 unspecified atom stereocenters. The van der Waals surface area contributed by atoms with Gasteiger partial charge in [0.25, 0.3) is 0 Å². The predicted octanol–water partition coefficient (Wildman–Crippen LogP) is 22.8. The van der Waals surface area contributed by atoms with Gasteiger partial charge < -0.3 is 33.8 Å². The number of carbonyl (C=O) groups excluding carboxylic acids is 4. The lowest BCUT2D eigenvalue weighted by Gasteiger charge is -2.21. The van der Waals surface area contributed by atoms with Crippen molar-refractivity contribution < 1.29 is 80.2 Å². The van der Waals surface area contributed by atoms with Crippen molar-refractivity contribution in [2.24, 2.45) is 0 Å². The number of allylic oxidation sites excluding steroid dienone is 16. The summed E-state index contributed by atoms with van der Waals surface area (Å²) in [6.45, 7) is 4.61. The van der Waals surface area contributed by atoms with Crippen LogP contribution in [0.4, 0.5) is 0 Å². The Balaban J connectivity index is 5.39. The third kappa shape index (κ3) is 72.3. The third-order valence-corrected chi connectivity index (χ3v) is 18.4. The predicted molar refractivity (Wildman–Crippen MR) is 409 cm³/mol. The maximum absolute atomic E-state index is 13.1. The summed E-state index contributed by atoms with van der Waals surface area (Å²) in [5.41, 5.74) is 0. The maximum Gasteiger partial charge on any atom is 0.472 e. The van der Waals surface area contributed by atoms with E-state index < -0.39 is 97.5 Å². The molecule has 0 aromatic heterocycles. The molecule has 0 spiro atoms. The van der Waals surface area contributed by atoms with Gasteiger partial charge in [0.2, 0.25) is 0 Å². The SMILES string of the molecule is CC/C=C\C/C=C\C/C=C\C/C=C\CCCCC(=O)OCC(COP(=O)(O)OCC(O)COP(=O)(O)OCC(COC(=O)CCCCCCC/C=C\CCCCCCCC)OC(=O)CCCCCCCCCCCCCCCCC)OC(=O)CCCCCCC/C=C\C/C=C\C/C=C\CC. The summed E-state index contributed by atoms with van der Waals surface area (Å²) in [5, 5.41) is 10.6. The lowest BCUT2D eigenvalue weighted by Crippen LogP contribution is -2.30. The second-order valence-electron chi connectivity index (χ2n) is 26.2. The summed E-state index contributed by atoms with van der Waals surface area (Å²) in [6.07, 6.45) is 76.8. The first kappa shape index (κ1) is 96.0. The molecular weight excluding hydrogens is 1310 g/mol. The molecule has 5 atom stereocenters. The van der Waals surface area contributed by atoms with Crippen LogP contribution in [0.5, 0.6) is 0 Å². The van der Waals surface area contributed by atoms with Gasteiger partial charge in [-0.25, -0.2) is 9.13 Å². The van der Waals surface area contributed by atoms with Crippen LogP contribution in [0.3, 0.4) is 0 Å². The number of hydrogen-bond donors (Lipinski definition) is 3. The van der Waals surface area contributed by atoms with E-state index in [0.717, 1.165) is 154 Å². The second kappa shape index (κ2) is 73.3. The Bertz CT molecular complexity index is 2270. The van der Waals surface area contributed by atoms with Gasteiger partial charge in [-0.2, -0.15) is 0 Å². The second-order valence-corrected chi connectivity index (χ2v) is 29.2. The van der Waals surface area contributed by atoms with Crippen LogP contribution in [-0.4, -0.2) is 96.7 Å². The molecule has 0 amide bonds. The number of hydrogen-bond acceptors (Lipinski definition) is 15. The monoisotopic (exact) mass is 1450 g/mol. The van der Waals surface area contributed by atoms with Crippen molar-refractivity contribution in [2.75, 3.05) is 39.6 Å². The highest BCUT2D eigenvalue weighted by Gasteiger charge is 2.30. The van der Waals surface area contributed by atoms with Crippen LogP contribution < -0.4 is 0 Å². The number of phosphoric acid groups is 2. The van der Waals surface area contributed by atoms with Crippen LogP contribution in [0.1, 0.15) is 336 Å². The Hall–Kier alpha value is -4.02. The highest BCUT2D eigenvalue weighted by Crippen LogP contribution is 2.45. The molecule has 17 nitrogen and oxygen atoms in total. The van der Waals surface area contributed by atoms with Crippen molar-refractivity contribution in [1.29, 1.82) is 0 Å². The summed E-state index contributed by atoms with van der Waals surface area (Å²) in [4.78, 5) is 72.9. The number of rotatable bonds is 74. The van der Waals surface area contributed by atoms with Gasteiger partial charge in [0, 0.05) is 25.7 Å². The molecular formula is C81H142O17P2. The zero-order valence-corrected chi connectivity index (χ0v) is 64.9. The third-order valence-electron chi connectivity index (χ3n) is 16.5. The van der Waals surface area contributed by atoms with Crippen molar-refractivity contribution in [1.82, 2.24) is 0 Å². The van der Waals surface area contributed by atoms with Crippen molar-refractivity contribution >= 4 is 39.5 Å². The first-order valence-corrected chi connectivity index (χ1v) is 42.5. The van der Waals surface area contributed by atoms with Crippen LogP contribution >= 0.6 is 15.6 Å². The highest BCUT2D eigenvalue weighted by atomic mass is 31.2. The van der Waals surface area contributed by atoms with Gasteiger partial charge in [0.05, 0.1) is 26.4 Å². The topological polar surface area (TPSA) is 237 Å². The van der Waals surface area contributed by atoms with Gasteiger partial charge >= 0.3 is 39.5 Å². The summed E-state index contributed by atoms with van der Waals surface area (Å²) in [7, 11) is -9.97. The molecule has 0 aliphatic heterocycles. The molecule has 0 radical (unpaired) electrons. The number of aliphatic hydroxyl groups excluding tert-OH is 1. The molecule has 0 heterocycles. The molecule has 0 aliphatic carbocycles. The number of ether oxygens (including phenoxy) is 4. The molecule has 0 saturated heterocycles. The zero-order valence-electron chi connectivity index (χ0n) is 63.1. The van der Waals surface area contributed by atoms with Crippen LogP contribution in [0.15, 0.2) is 97.2 Å². The molecule has 0 fully saturated rings. The van der Waals surface area contributed by atoms with Gasteiger partial charge in [-0.3, -0.25) is 37.3 Å². The molecule has 0 bridgehead atoms. The minimum Gasteiger partial charge on any atom is -0.462 e. The van der Waals surface area contributed by atoms with E-state index in [1.54, 1.807) is 0 Å². The van der Waals surface area contributed by atoms with Crippen LogP contribution in [0, 0.1) is 0 Å². The fraction of sp³-hybridized carbons (Fsp3) is 0.753. The number of phosphoric ester groups is 2. The number of unbranched alkanes of at least 4 members (excludes halogenated alkanes) is 32. The molecule has 19 heteroatoms. The van der Waals surface area contributed by atoms with Gasteiger partial charge in [0.1, 0.15) is 19.3 Å². The smallest absolute Gasteiger partial charge is 0.462 e. The van der Waals surface area contributed by atoms with E-state index in [-0.39, 0.29) is 25.7 Å². The van der Waals surface area contributed by atoms with E-state index >= 15 is 0 Å². The molecule has 0 aromatic carbocycles. The Kier molecular flexibility index (Phi) is 70.4. The van der Waals surface area contributed by atoms with E-state index in [9.17, 15) is 43.2 Å². The summed E-state index contributed by atoms with van der Waals surface area (Å²) >= 11 is 0. The minimum atomic E-state index is -4.99. The Morgan fingerprint density at radius 3 is 0.830 bits per heavy atom. The van der Waals surface area contributed by atoms with Crippen molar-refractivity contribution in [3.05, 3.63) is 97.2 Å². The molecule has 0 saturated carbocycles. The molecule has 0 aromatic rings. The van der Waals surface area contributed by atoms with E-state index in [1.165, 1.54) is 103 Å². The largest absolute Gasteiger partial charge is 0.472 e. The zero-order chi connectivity index (χ0) is 73.2. The molecule has 578 valence electrons. The summed E-state index contributed by atoms with van der Waals surface area (Å²) in [6, 6.07) is 0. The van der Waals surface area contributed by atoms with E-state index in [4.69, 9.17) is 37.0 Å². The van der Waals surface area contributed by atoms with Crippen LogP contribution in [-0.2, 0) is 65.4 Å². The molecule has 0 rings (SSSR count). The fourth-order valence-corrected chi connectivity index (χ4v) is 12.2. The van der Waals surface area contributed by atoms with Gasteiger partial charge in [-0.05, 0) is 122 Å². The highest BCUT2D eigenvalue weighted by molar-refractivity contribution is 7.47. The normalized spacial score (nSPS) is 14.4. The maximum atomic E-state index is 13.1. The van der Waals surface area contributed by atoms with E-state index in [2.05, 4.69) is 125 Å². The fourth-order valence-electron chi connectivity index (χ4n) is 10.6. The average Bonchev–Trinajstić information content (AvgIpc) is 1.01. The first-order valence-electron chi connectivity index (χ1n) is 39.5. The molecule has 100 heavy (non-hydrogen) atoms. The van der Waals surface area contributed by atoms with Gasteiger partial charge in [-0.1, -0.05) is 285 Å². The lowest BCUT2D eigenvalue weighted by atomic mass is 10.0. The minimum absolute atomic E-state index is 0.0659. The molecule has 0 aliphatic rings. The quantitative estimate of drug-likeness (QED) is 0.0169. The summed E-state index contributed by atoms with van der Waals surface area (Å²) < 4.78 is 68.5. The van der Waals surface area contributed by atoms with Crippen LogP contribution in [0.25, 0.3) is 0 Å². The summed E-state index contributed by atoms with van der Waals surface area (Å²) in [5.74, 6) is -2.23. The van der Waals surface area contributed by atoms with E-state index in [0.29, 0.717) is 25.7 Å². The lowest BCUT2D eigenvalue weighted by molar-refractivity contribution is -0.161. The average molecular weight is 1450 g/mol. The number of esters is 4. The van der Waals surface area contributed by atoms with Crippen LogP contribution in [0.2, 0.25) is 0 Å². The van der Waals surface area contributed by atoms with Gasteiger partial charge in [0.15, 0.2) is 12.2 Å². The molecule has 3 N–H and O–H groups in total. The Labute approximate surface area is 607 Å². The Morgan fingerprint density at radius 1 is 0.290 bits per heavy atom. The van der Waals surface area contributed by atoms with Crippen molar-refractivity contribution in [3.63, 3.8) is 0 Å². The Morgan fingerprint density at radius 2 is 0.520 bits per heavy atom. The first-order chi connectivity index (χ1) is 48.7. The standard InChI is InChI=1S/C81H142O17P2/c1-5-9-13-17-21-25-29-33-37-41-45-49-53-57-61-65-78(83)91-71-76(97-80(85)67-63-59-55-51-47-43-39-35-31-27-23-19-15-11-7-3)73-95-99(87,88)93-69-75(82)70-94-100(89,90)96-74-77(98-81(86)68-64-60-56-52-48-44-40-36-32-28-24-20-16-12-8-4)72-92-79(84)66-62-58-54-50-46-42-38-34-30-26-22-18-14-10-6-2/h9,11,13,15,21,23,25,27,33-35,37-39,45,49,75-77,82H,5-8,10,12,14,16-20,22,24,26,28-32,36,40-44,46-48,50-74H2,1-4H3,(H,87,88)(H,89,90)/b13-9-,15-11-,25-21-,27-23-,37-33-,38-34-,39-35-,49-45-.